The largest absolute Gasteiger partial charge is 0.480 e. The number of aromatic amines is 1. The Morgan fingerprint density at radius 1 is 0.489 bits per heavy atom. The maximum absolute atomic E-state index is 14.7. The molecule has 1 aromatic heterocycles. The molecule has 1 aromatic carbocycles. The molecule has 30 nitrogen and oxygen atoms in total. The molecule has 1 heterocycles. The van der Waals surface area contributed by atoms with Gasteiger partial charge in [-0.25, -0.2) is 4.79 Å². The van der Waals surface area contributed by atoms with E-state index in [1.807, 2.05) is 58.9 Å². The van der Waals surface area contributed by atoms with Crippen LogP contribution in [0.15, 0.2) is 30.5 Å². The Morgan fingerprint density at radius 2 is 0.891 bits per heavy atom. The molecule has 2 rings (SSSR count). The molecular formula is C62H109N19O11. The fraction of sp³-hybridized carbons (Fsp3) is 0.677. The molecule has 0 aliphatic rings. The molecule has 0 unspecified atom stereocenters. The number of guanidine groups is 2. The maximum atomic E-state index is 14.7. The van der Waals surface area contributed by atoms with E-state index in [0.717, 1.165) is 10.9 Å². The van der Waals surface area contributed by atoms with Crippen LogP contribution in [0.3, 0.4) is 0 Å². The van der Waals surface area contributed by atoms with Crippen molar-refractivity contribution in [3.63, 3.8) is 0 Å². The van der Waals surface area contributed by atoms with Crippen molar-refractivity contribution in [3.05, 3.63) is 36.0 Å². The van der Waals surface area contributed by atoms with E-state index in [0.29, 0.717) is 44.1 Å². The van der Waals surface area contributed by atoms with Gasteiger partial charge in [-0.1, -0.05) is 80.0 Å². The lowest BCUT2D eigenvalue weighted by Gasteiger charge is -2.29. The highest BCUT2D eigenvalue weighted by Crippen LogP contribution is 2.21. The summed E-state index contributed by atoms with van der Waals surface area (Å²) in [7, 11) is 0. The minimum absolute atomic E-state index is 0.0220. The lowest BCUT2D eigenvalue weighted by Crippen LogP contribution is -2.61. The third-order valence-corrected chi connectivity index (χ3v) is 15.4. The number of hydrogen-bond donors (Lipinski definition) is 20. The number of carbonyl (C=O) groups is 10. The van der Waals surface area contributed by atoms with Gasteiger partial charge in [-0.05, 0) is 139 Å². The standard InChI is InChI=1S/C62H109N19O11/c1-10-37(8)50(81-58(89)49(32-39-33-72-42-20-12-11-19-40(39)42)80-57(88)48(31-36(6)7)79-52(83)41(65)29-34(2)3)59(90)73-38(9)51(82)78-47(30-35(4)5)56(87)76-45(23-17-27-70-61(66)67)54(85)74-43(21-13-15-25-63)53(84)75-44(22-14-16-26-64)55(86)77-46(60(91)92)24-18-28-71-62(68)69/h11-12,19-20,33-38,41,43-50,72H,10,13-18,21-32,63-65H2,1-9H3,(H,73,90)(H,74,85)(H,75,84)(H,76,87)(H,77,86)(H,78,82)(H,79,83)(H,80,88)(H,81,89)(H,91,92)(H4,66,67,70)(H4,68,69,71)/t37-,38-,41-,43-,44-,45-,46-,47-,48-,49-,50-/m0/s1. The number of rotatable bonds is 45. The molecule has 0 saturated carbocycles. The number of carboxylic acids is 1. The molecule has 0 aliphatic carbocycles. The van der Waals surface area contributed by atoms with Crippen LogP contribution < -0.4 is 87.2 Å². The summed E-state index contributed by atoms with van der Waals surface area (Å²) in [6.45, 7) is 17.0. The van der Waals surface area contributed by atoms with Crippen LogP contribution >= 0.6 is 0 Å². The molecule has 92 heavy (non-hydrogen) atoms. The quantitative estimate of drug-likeness (QED) is 0.0225. The van der Waals surface area contributed by atoms with E-state index in [-0.39, 0.29) is 114 Å². The van der Waals surface area contributed by atoms with Gasteiger partial charge >= 0.3 is 5.97 Å². The van der Waals surface area contributed by atoms with Gasteiger partial charge in [0, 0.05) is 36.6 Å². The fourth-order valence-corrected chi connectivity index (χ4v) is 10.1. The second kappa shape index (κ2) is 42.1. The molecule has 0 aliphatic heterocycles. The molecule has 25 N–H and O–H groups in total. The minimum atomic E-state index is -1.36. The molecule has 2 aromatic rings. The van der Waals surface area contributed by atoms with Crippen LogP contribution in [-0.2, 0) is 54.4 Å². The number of carbonyl (C=O) groups excluding carboxylic acids is 9. The van der Waals surface area contributed by atoms with Gasteiger partial charge in [-0.15, -0.1) is 0 Å². The molecule has 0 spiro atoms. The molecule has 0 fully saturated rings. The van der Waals surface area contributed by atoms with E-state index >= 15 is 0 Å². The lowest BCUT2D eigenvalue weighted by atomic mass is 9.96. The number of H-pyrrole nitrogens is 1. The van der Waals surface area contributed by atoms with Crippen LogP contribution in [0.4, 0.5) is 0 Å². The smallest absolute Gasteiger partial charge is 0.326 e. The van der Waals surface area contributed by atoms with Crippen molar-refractivity contribution in [2.75, 3.05) is 26.2 Å². The van der Waals surface area contributed by atoms with Gasteiger partial charge in [0.2, 0.25) is 53.2 Å². The normalized spacial score (nSPS) is 14.9. The second-order valence-electron chi connectivity index (χ2n) is 25.0. The van der Waals surface area contributed by atoms with Crippen molar-refractivity contribution < 1.29 is 53.1 Å². The maximum Gasteiger partial charge on any atom is 0.326 e. The predicted octanol–water partition coefficient (Wildman–Crippen LogP) is -0.526. The van der Waals surface area contributed by atoms with Gasteiger partial charge in [0.25, 0.3) is 0 Å². The first-order chi connectivity index (χ1) is 43.4. The van der Waals surface area contributed by atoms with Crippen LogP contribution in [-0.4, -0.2) is 168 Å². The SMILES string of the molecule is CC[C@H](C)[C@H](NC(=O)[C@H](Cc1c[nH]c2ccccc12)NC(=O)[C@H](CC(C)C)NC(=O)[C@@H](N)CC(C)C)C(=O)N[C@@H](C)C(=O)N[C@@H](CC(C)C)C(=O)N[C@@H](CCCNC(=N)N)C(=O)N[C@@H](CCCCN)C(=O)N[C@@H](CCCCN)C(=O)N[C@@H](CCCNC(=N)N)C(=O)O. The number of para-hydroxylation sites is 1. The molecule has 518 valence electrons. The molecule has 30 heteroatoms. The summed E-state index contributed by atoms with van der Waals surface area (Å²) in [6, 6.07) is -4.93. The Balaban J connectivity index is 2.47. The van der Waals surface area contributed by atoms with Crippen molar-refractivity contribution in [3.8, 4) is 0 Å². The van der Waals surface area contributed by atoms with E-state index in [4.69, 9.17) is 39.5 Å². The number of nitrogens with one attached hydrogen (secondary N) is 14. The van der Waals surface area contributed by atoms with Crippen LogP contribution in [0.25, 0.3) is 10.9 Å². The first kappa shape index (κ1) is 80.0. The Labute approximate surface area is 541 Å². The fourth-order valence-electron chi connectivity index (χ4n) is 10.1. The predicted molar refractivity (Wildman–Crippen MR) is 353 cm³/mol. The van der Waals surface area contributed by atoms with Crippen LogP contribution in [0.5, 0.6) is 0 Å². The number of aliphatic carboxylic acids is 1. The van der Waals surface area contributed by atoms with Gasteiger partial charge < -0.3 is 97.2 Å². The monoisotopic (exact) mass is 1300 g/mol. The van der Waals surface area contributed by atoms with Gasteiger partial charge in [0.05, 0.1) is 6.04 Å². The van der Waals surface area contributed by atoms with Crippen LogP contribution in [0, 0.1) is 34.5 Å². The van der Waals surface area contributed by atoms with Crippen molar-refractivity contribution in [2.24, 2.45) is 52.3 Å². The number of benzene rings is 1. The van der Waals surface area contributed by atoms with E-state index in [9.17, 15) is 53.1 Å². The summed E-state index contributed by atoms with van der Waals surface area (Å²) < 4.78 is 0. The Bertz CT molecular complexity index is 2720. The van der Waals surface area contributed by atoms with Crippen LogP contribution in [0.2, 0.25) is 0 Å². The molecule has 0 bridgehead atoms. The summed E-state index contributed by atoms with van der Waals surface area (Å²) in [5.41, 5.74) is 30.1. The third kappa shape index (κ3) is 29.9. The van der Waals surface area contributed by atoms with Gasteiger partial charge in [-0.2, -0.15) is 0 Å². The van der Waals surface area contributed by atoms with Gasteiger partial charge in [-0.3, -0.25) is 54.0 Å². The topological polar surface area (TPSA) is 517 Å². The molecule has 0 radical (unpaired) electrons. The molecule has 11 atom stereocenters. The summed E-state index contributed by atoms with van der Waals surface area (Å²) in [6.07, 6.45) is 4.77. The van der Waals surface area contributed by atoms with Crippen molar-refractivity contribution in [1.82, 2.24) is 63.5 Å². The first-order valence-electron chi connectivity index (χ1n) is 32.3. The van der Waals surface area contributed by atoms with E-state index in [2.05, 4.69) is 63.5 Å². The highest BCUT2D eigenvalue weighted by atomic mass is 16.4. The Kier molecular flexibility index (Phi) is 36.6. The number of hydrogen-bond acceptors (Lipinski definition) is 15. The average molecular weight is 1300 g/mol. The van der Waals surface area contributed by atoms with Crippen LogP contribution in [0.1, 0.15) is 158 Å². The van der Waals surface area contributed by atoms with Crippen molar-refractivity contribution in [1.29, 1.82) is 10.8 Å². The number of aromatic nitrogens is 1. The summed E-state index contributed by atoms with van der Waals surface area (Å²) in [5.74, 6) is -9.26. The number of amides is 9. The zero-order chi connectivity index (χ0) is 69.2. The first-order valence-corrected chi connectivity index (χ1v) is 32.3. The zero-order valence-corrected chi connectivity index (χ0v) is 55.3. The lowest BCUT2D eigenvalue weighted by molar-refractivity contribution is -0.142. The molecular weight excluding hydrogens is 1190 g/mol. The average Bonchev–Trinajstić information content (AvgIpc) is 2.44. The third-order valence-electron chi connectivity index (χ3n) is 15.4. The molecule has 0 saturated heterocycles. The number of fused-ring (bicyclic) bond motifs is 1. The Morgan fingerprint density at radius 3 is 1.34 bits per heavy atom. The van der Waals surface area contributed by atoms with E-state index in [1.54, 1.807) is 27.0 Å². The second-order valence-corrected chi connectivity index (χ2v) is 25.0. The summed E-state index contributed by atoms with van der Waals surface area (Å²) >= 11 is 0. The highest BCUT2D eigenvalue weighted by Gasteiger charge is 2.37. The molecule has 9 amide bonds. The Hall–Kier alpha value is -8.12. The van der Waals surface area contributed by atoms with E-state index < -0.39 is 125 Å². The highest BCUT2D eigenvalue weighted by molar-refractivity contribution is 5.99. The van der Waals surface area contributed by atoms with Gasteiger partial charge in [0.1, 0.15) is 54.4 Å². The summed E-state index contributed by atoms with van der Waals surface area (Å²) in [5, 5.41) is 55.5. The number of unbranched alkanes of at least 4 members (excludes halogenated alkanes) is 2. The minimum Gasteiger partial charge on any atom is -0.480 e. The number of carboxylic acid groups (broad SMARTS) is 1. The number of nitrogens with two attached hydrogens (primary N) is 5. The van der Waals surface area contributed by atoms with Crippen molar-refractivity contribution in [2.45, 2.75) is 219 Å². The van der Waals surface area contributed by atoms with E-state index in [1.165, 1.54) is 6.92 Å². The zero-order valence-electron chi connectivity index (χ0n) is 55.3. The summed E-state index contributed by atoms with van der Waals surface area (Å²) in [4.78, 5) is 143. The van der Waals surface area contributed by atoms with Crippen molar-refractivity contribution >= 4 is 82.0 Å². The van der Waals surface area contributed by atoms with Gasteiger partial charge in [0.15, 0.2) is 11.9 Å².